The molecular formula is C17H26N2. The van der Waals surface area contributed by atoms with Gasteiger partial charge in [0, 0.05) is 23.6 Å². The van der Waals surface area contributed by atoms with E-state index < -0.39 is 0 Å². The molecule has 0 bridgehead atoms. The summed E-state index contributed by atoms with van der Waals surface area (Å²) in [5.74, 6) is 0. The van der Waals surface area contributed by atoms with E-state index in [0.29, 0.717) is 0 Å². The Morgan fingerprint density at radius 2 is 1.89 bits per heavy atom. The van der Waals surface area contributed by atoms with E-state index in [-0.39, 0.29) is 5.54 Å². The van der Waals surface area contributed by atoms with Crippen molar-refractivity contribution in [2.45, 2.75) is 45.6 Å². The zero-order chi connectivity index (χ0) is 13.9. The third-order valence-corrected chi connectivity index (χ3v) is 4.23. The lowest BCUT2D eigenvalue weighted by atomic mass is 9.88. The second-order valence-electron chi connectivity index (χ2n) is 5.90. The van der Waals surface area contributed by atoms with E-state index in [2.05, 4.69) is 48.6 Å². The van der Waals surface area contributed by atoms with Crippen LogP contribution in [-0.4, -0.2) is 28.4 Å². The Labute approximate surface area is 117 Å². The van der Waals surface area contributed by atoms with Crippen molar-refractivity contribution < 1.29 is 0 Å². The van der Waals surface area contributed by atoms with Gasteiger partial charge in [0.2, 0.25) is 0 Å². The minimum absolute atomic E-state index is 0.0991. The molecule has 2 aliphatic rings. The number of likely N-dealkylation sites (tertiary alicyclic amines) is 1. The molecule has 0 aliphatic carbocycles. The Bertz CT molecular complexity index is 421. The van der Waals surface area contributed by atoms with Gasteiger partial charge in [-0.1, -0.05) is 19.1 Å². The van der Waals surface area contributed by atoms with Gasteiger partial charge in [-0.25, -0.2) is 0 Å². The summed E-state index contributed by atoms with van der Waals surface area (Å²) in [6, 6.07) is 0. The highest BCUT2D eigenvalue weighted by Crippen LogP contribution is 2.31. The van der Waals surface area contributed by atoms with Crippen LogP contribution in [0.15, 0.2) is 48.5 Å². The van der Waals surface area contributed by atoms with Crippen molar-refractivity contribution in [2.75, 3.05) is 13.1 Å². The molecule has 2 nitrogen and oxygen atoms in total. The number of allylic oxidation sites excluding steroid dienone is 2. The summed E-state index contributed by atoms with van der Waals surface area (Å²) in [5, 5.41) is 0. The van der Waals surface area contributed by atoms with Crippen LogP contribution >= 0.6 is 0 Å². The number of hydrogen-bond donors (Lipinski definition) is 0. The summed E-state index contributed by atoms with van der Waals surface area (Å²) in [5.41, 5.74) is 2.50. The molecule has 2 heteroatoms. The zero-order valence-corrected chi connectivity index (χ0v) is 12.5. The lowest BCUT2D eigenvalue weighted by molar-refractivity contribution is 0.126. The second kappa shape index (κ2) is 5.79. The normalized spacial score (nSPS) is 22.2. The highest BCUT2D eigenvalue weighted by atomic mass is 15.2. The summed E-state index contributed by atoms with van der Waals surface area (Å²) in [6.07, 6.45) is 14.7. The topological polar surface area (TPSA) is 6.48 Å². The van der Waals surface area contributed by atoms with Gasteiger partial charge in [-0.3, -0.25) is 4.90 Å². The maximum absolute atomic E-state index is 4.15. The Kier molecular flexibility index (Phi) is 4.31. The van der Waals surface area contributed by atoms with E-state index >= 15 is 0 Å². The molecule has 0 N–H and O–H groups in total. The molecule has 0 atom stereocenters. The van der Waals surface area contributed by atoms with E-state index in [1.807, 2.05) is 19.2 Å². The largest absolute Gasteiger partial charge is 0.325 e. The first-order valence-corrected chi connectivity index (χ1v) is 7.31. The highest BCUT2D eigenvalue weighted by molar-refractivity contribution is 5.40. The molecule has 0 aromatic carbocycles. The lowest BCUT2D eigenvalue weighted by Gasteiger charge is -2.43. The van der Waals surface area contributed by atoms with Gasteiger partial charge < -0.3 is 4.90 Å². The van der Waals surface area contributed by atoms with Gasteiger partial charge in [0.15, 0.2) is 0 Å². The number of hydrogen-bond acceptors (Lipinski definition) is 2. The quantitative estimate of drug-likeness (QED) is 0.753. The Morgan fingerprint density at radius 3 is 2.47 bits per heavy atom. The Morgan fingerprint density at radius 1 is 1.21 bits per heavy atom. The van der Waals surface area contributed by atoms with Crippen LogP contribution in [0.25, 0.3) is 0 Å². The summed E-state index contributed by atoms with van der Waals surface area (Å²) in [6.45, 7) is 13.3. The monoisotopic (exact) mass is 258 g/mol. The van der Waals surface area contributed by atoms with Gasteiger partial charge in [-0.05, 0) is 64.4 Å². The third kappa shape index (κ3) is 3.01. The van der Waals surface area contributed by atoms with Crippen LogP contribution in [0, 0.1) is 0 Å². The fourth-order valence-corrected chi connectivity index (χ4v) is 2.88. The smallest absolute Gasteiger partial charge is 0.0405 e. The van der Waals surface area contributed by atoms with Crippen LogP contribution in [0.3, 0.4) is 0 Å². The summed E-state index contributed by atoms with van der Waals surface area (Å²) >= 11 is 0. The molecule has 0 aromatic heterocycles. The van der Waals surface area contributed by atoms with E-state index in [1.165, 1.54) is 37.9 Å². The van der Waals surface area contributed by atoms with Crippen LogP contribution < -0.4 is 0 Å². The van der Waals surface area contributed by atoms with Crippen LogP contribution in [0.4, 0.5) is 0 Å². The third-order valence-electron chi connectivity index (χ3n) is 4.23. The van der Waals surface area contributed by atoms with E-state index in [0.717, 1.165) is 5.70 Å². The van der Waals surface area contributed by atoms with Gasteiger partial charge >= 0.3 is 0 Å². The number of rotatable bonds is 3. The minimum Gasteiger partial charge on any atom is -0.325 e. The first-order valence-electron chi connectivity index (χ1n) is 7.31. The second-order valence-corrected chi connectivity index (χ2v) is 5.90. The van der Waals surface area contributed by atoms with Crippen LogP contribution in [0.5, 0.6) is 0 Å². The zero-order valence-electron chi connectivity index (χ0n) is 12.5. The molecule has 0 aromatic rings. The molecule has 2 heterocycles. The molecule has 0 amide bonds. The van der Waals surface area contributed by atoms with Crippen molar-refractivity contribution in [1.82, 2.24) is 9.80 Å². The highest BCUT2D eigenvalue weighted by Gasteiger charge is 2.31. The van der Waals surface area contributed by atoms with Crippen molar-refractivity contribution in [1.29, 1.82) is 0 Å². The average molecular weight is 258 g/mol. The average Bonchev–Trinajstić information content (AvgIpc) is 2.42. The molecule has 0 spiro atoms. The molecule has 19 heavy (non-hydrogen) atoms. The maximum Gasteiger partial charge on any atom is 0.0405 e. The van der Waals surface area contributed by atoms with E-state index in [9.17, 15) is 0 Å². The maximum atomic E-state index is 4.15. The molecule has 1 fully saturated rings. The molecule has 0 radical (unpaired) electrons. The molecule has 2 rings (SSSR count). The van der Waals surface area contributed by atoms with Gasteiger partial charge in [0.25, 0.3) is 0 Å². The van der Waals surface area contributed by atoms with Gasteiger partial charge in [-0.15, -0.1) is 0 Å². The van der Waals surface area contributed by atoms with Crippen LogP contribution in [-0.2, 0) is 0 Å². The molecular weight excluding hydrogens is 232 g/mol. The van der Waals surface area contributed by atoms with Gasteiger partial charge in [0.1, 0.15) is 0 Å². The standard InChI is InChI=1S/C17H26N2/c1-5-10-18-13-9-16(14-15(18)2)17(3,4)19-11-7-6-8-12-19/h5,9-10,13-14H,2,6-8,11-12H2,1,3-4H3/b10-5-. The van der Waals surface area contributed by atoms with Crippen molar-refractivity contribution in [3.8, 4) is 0 Å². The van der Waals surface area contributed by atoms with Gasteiger partial charge in [0.05, 0.1) is 0 Å². The Hall–Kier alpha value is -1.28. The lowest BCUT2D eigenvalue weighted by Crippen LogP contribution is -2.48. The predicted molar refractivity (Wildman–Crippen MR) is 82.5 cm³/mol. The first-order chi connectivity index (χ1) is 9.05. The van der Waals surface area contributed by atoms with Crippen molar-refractivity contribution in [2.24, 2.45) is 0 Å². The minimum atomic E-state index is 0.0991. The van der Waals surface area contributed by atoms with Gasteiger partial charge in [-0.2, -0.15) is 0 Å². The summed E-state index contributed by atoms with van der Waals surface area (Å²) < 4.78 is 0. The first kappa shape index (κ1) is 14.1. The fraction of sp³-hybridized carbons (Fsp3) is 0.529. The number of nitrogens with zero attached hydrogens (tertiary/aromatic N) is 2. The van der Waals surface area contributed by atoms with E-state index in [1.54, 1.807) is 0 Å². The van der Waals surface area contributed by atoms with Crippen molar-refractivity contribution in [3.63, 3.8) is 0 Å². The molecule has 2 aliphatic heterocycles. The predicted octanol–water partition coefficient (Wildman–Crippen LogP) is 4.05. The summed E-state index contributed by atoms with van der Waals surface area (Å²) in [4.78, 5) is 4.67. The SMILES string of the molecule is C=C1C=C(C(C)(C)N2CCCCC2)C=CN1/C=C\C. The molecule has 0 saturated carbocycles. The number of piperidine rings is 1. The van der Waals surface area contributed by atoms with Crippen LogP contribution in [0.1, 0.15) is 40.0 Å². The van der Waals surface area contributed by atoms with Crippen molar-refractivity contribution in [3.05, 3.63) is 48.5 Å². The van der Waals surface area contributed by atoms with E-state index in [4.69, 9.17) is 0 Å². The summed E-state index contributed by atoms with van der Waals surface area (Å²) in [7, 11) is 0. The van der Waals surface area contributed by atoms with Crippen molar-refractivity contribution >= 4 is 0 Å². The molecule has 1 saturated heterocycles. The molecule has 0 unspecified atom stereocenters. The molecule has 104 valence electrons. The van der Waals surface area contributed by atoms with Crippen LogP contribution in [0.2, 0.25) is 0 Å². The fourth-order valence-electron chi connectivity index (χ4n) is 2.88. The Balaban J connectivity index is 2.15.